The topological polar surface area (TPSA) is 84.3 Å². The summed E-state index contributed by atoms with van der Waals surface area (Å²) in [6, 6.07) is 7.18. The maximum Gasteiger partial charge on any atom is 0.262 e. The lowest BCUT2D eigenvalue weighted by molar-refractivity contribution is -0.130. The van der Waals surface area contributed by atoms with Crippen LogP contribution < -0.4 is 10.9 Å². The summed E-state index contributed by atoms with van der Waals surface area (Å²) in [6.07, 6.45) is 0.789. The van der Waals surface area contributed by atoms with Crippen LogP contribution in [0.15, 0.2) is 34.2 Å². The number of hydrogen-bond acceptors (Lipinski definition) is 5. The summed E-state index contributed by atoms with van der Waals surface area (Å²) in [6.45, 7) is 2.48. The number of likely N-dealkylation sites (N-methyl/N-ethyl adjacent to an activating group) is 1. The lowest BCUT2D eigenvalue weighted by Gasteiger charge is -2.13. The Hall–Kier alpha value is -2.35. The molecule has 0 aliphatic rings. The highest BCUT2D eigenvalue weighted by atomic mass is 32.2. The second-order valence-electron chi connectivity index (χ2n) is 5.72. The van der Waals surface area contributed by atoms with E-state index in [0.29, 0.717) is 22.6 Å². The van der Waals surface area contributed by atoms with Crippen molar-refractivity contribution in [2.45, 2.75) is 25.0 Å². The van der Waals surface area contributed by atoms with Gasteiger partial charge in [-0.2, -0.15) is 0 Å². The number of rotatable bonds is 7. The zero-order chi connectivity index (χ0) is 18.4. The Morgan fingerprint density at radius 2 is 2.00 bits per heavy atom. The fourth-order valence-corrected chi connectivity index (χ4v) is 3.05. The molecule has 8 heteroatoms. The predicted octanol–water partition coefficient (Wildman–Crippen LogP) is 1.10. The number of carbonyl (C=O) groups excluding carboxylic acids is 2. The lowest BCUT2D eigenvalue weighted by Crippen LogP contribution is -2.37. The Bertz CT molecular complexity index is 832. The average molecular weight is 362 g/mol. The van der Waals surface area contributed by atoms with Gasteiger partial charge in [0.1, 0.15) is 0 Å². The summed E-state index contributed by atoms with van der Waals surface area (Å²) < 4.78 is 1.60. The highest BCUT2D eigenvalue weighted by molar-refractivity contribution is 7.99. The Morgan fingerprint density at radius 1 is 1.28 bits per heavy atom. The molecule has 2 rings (SSSR count). The van der Waals surface area contributed by atoms with Gasteiger partial charge >= 0.3 is 0 Å². The van der Waals surface area contributed by atoms with Gasteiger partial charge in [-0.05, 0) is 18.6 Å². The van der Waals surface area contributed by atoms with E-state index in [1.54, 1.807) is 30.8 Å². The number of hydrogen-bond donors (Lipinski definition) is 1. The lowest BCUT2D eigenvalue weighted by atomic mass is 10.2. The summed E-state index contributed by atoms with van der Waals surface area (Å²) in [4.78, 5) is 42.0. The van der Waals surface area contributed by atoms with Gasteiger partial charge in [-0.1, -0.05) is 30.8 Å². The number of nitrogens with one attached hydrogen (secondary N) is 1. The first-order valence-electron chi connectivity index (χ1n) is 8.03. The molecule has 0 atom stereocenters. The van der Waals surface area contributed by atoms with Gasteiger partial charge in [0.25, 0.3) is 5.56 Å². The van der Waals surface area contributed by atoms with Gasteiger partial charge in [-0.25, -0.2) is 4.98 Å². The minimum Gasteiger partial charge on any atom is -0.347 e. The normalized spacial score (nSPS) is 10.7. The molecule has 0 aliphatic carbocycles. The monoisotopic (exact) mass is 362 g/mol. The molecule has 1 aromatic carbocycles. The van der Waals surface area contributed by atoms with Gasteiger partial charge in [-0.3, -0.25) is 19.0 Å². The fraction of sp³-hybridized carbons (Fsp3) is 0.412. The number of aromatic nitrogens is 2. The summed E-state index contributed by atoms with van der Waals surface area (Å²) in [5, 5.41) is 3.66. The zero-order valence-electron chi connectivity index (χ0n) is 14.6. The summed E-state index contributed by atoms with van der Waals surface area (Å²) in [7, 11) is 3.26. The number of fused-ring (bicyclic) bond motifs is 1. The van der Waals surface area contributed by atoms with E-state index >= 15 is 0 Å². The molecule has 0 bridgehead atoms. The van der Waals surface area contributed by atoms with Gasteiger partial charge in [0.05, 0.1) is 23.2 Å². The SMILES string of the molecule is CCCn1c(SCC(=O)NCC(=O)N(C)C)nc2ccccc2c1=O. The smallest absolute Gasteiger partial charge is 0.262 e. The van der Waals surface area contributed by atoms with Crippen LogP contribution in [0.1, 0.15) is 13.3 Å². The molecule has 0 aliphatic heterocycles. The van der Waals surface area contributed by atoms with Gasteiger partial charge < -0.3 is 10.2 Å². The highest BCUT2D eigenvalue weighted by Crippen LogP contribution is 2.17. The van der Waals surface area contributed by atoms with Crippen molar-refractivity contribution in [1.29, 1.82) is 0 Å². The zero-order valence-corrected chi connectivity index (χ0v) is 15.4. The average Bonchev–Trinajstić information content (AvgIpc) is 2.60. The molecule has 7 nitrogen and oxygen atoms in total. The van der Waals surface area contributed by atoms with Crippen LogP contribution in [0.25, 0.3) is 10.9 Å². The molecule has 2 amide bonds. The van der Waals surface area contributed by atoms with Gasteiger partial charge in [-0.15, -0.1) is 0 Å². The summed E-state index contributed by atoms with van der Waals surface area (Å²) in [5.41, 5.74) is 0.517. The first-order chi connectivity index (χ1) is 11.9. The molecule has 2 aromatic rings. The van der Waals surface area contributed by atoms with E-state index in [1.165, 1.54) is 16.7 Å². The Labute approximate surface area is 150 Å². The summed E-state index contributed by atoms with van der Waals surface area (Å²) >= 11 is 1.20. The number of thioether (sulfide) groups is 1. The molecule has 0 saturated heterocycles. The van der Waals surface area contributed by atoms with Crippen molar-refractivity contribution < 1.29 is 9.59 Å². The quantitative estimate of drug-likeness (QED) is 0.589. The molecule has 1 heterocycles. The van der Waals surface area contributed by atoms with Gasteiger partial charge in [0.15, 0.2) is 5.16 Å². The van der Waals surface area contributed by atoms with E-state index in [0.717, 1.165) is 6.42 Å². The molecular formula is C17H22N4O3S. The van der Waals surface area contributed by atoms with Crippen LogP contribution >= 0.6 is 11.8 Å². The maximum atomic E-state index is 12.6. The third kappa shape index (κ3) is 4.82. The minimum absolute atomic E-state index is 0.0424. The van der Waals surface area contributed by atoms with Crippen molar-refractivity contribution in [1.82, 2.24) is 19.8 Å². The molecular weight excluding hydrogens is 340 g/mol. The van der Waals surface area contributed by atoms with Gasteiger partial charge in [0, 0.05) is 20.6 Å². The highest BCUT2D eigenvalue weighted by Gasteiger charge is 2.13. The Kier molecular flexibility index (Phi) is 6.58. The van der Waals surface area contributed by atoms with Crippen LogP contribution in [0.2, 0.25) is 0 Å². The first kappa shape index (κ1) is 19.0. The van der Waals surface area contributed by atoms with E-state index < -0.39 is 0 Å². The summed E-state index contributed by atoms with van der Waals surface area (Å²) in [5.74, 6) is -0.356. The van der Waals surface area contributed by atoms with Crippen molar-refractivity contribution >= 4 is 34.5 Å². The largest absolute Gasteiger partial charge is 0.347 e. The van der Waals surface area contributed by atoms with Crippen LogP contribution in [-0.4, -0.2) is 52.7 Å². The third-order valence-corrected chi connectivity index (χ3v) is 4.52. The molecule has 0 radical (unpaired) electrons. The molecule has 1 N–H and O–H groups in total. The van der Waals surface area contributed by atoms with Crippen molar-refractivity contribution in [3.63, 3.8) is 0 Å². The van der Waals surface area contributed by atoms with Gasteiger partial charge in [0.2, 0.25) is 11.8 Å². The van der Waals surface area contributed by atoms with E-state index in [-0.39, 0.29) is 29.7 Å². The molecule has 134 valence electrons. The number of amides is 2. The molecule has 1 aromatic heterocycles. The predicted molar refractivity (Wildman–Crippen MR) is 98.7 cm³/mol. The number of para-hydroxylation sites is 1. The maximum absolute atomic E-state index is 12.6. The van der Waals surface area contributed by atoms with E-state index in [1.807, 2.05) is 19.1 Å². The molecule has 0 saturated carbocycles. The second-order valence-corrected chi connectivity index (χ2v) is 6.66. The van der Waals surface area contributed by atoms with Crippen molar-refractivity contribution in [2.24, 2.45) is 0 Å². The Balaban J connectivity index is 2.14. The number of nitrogens with zero attached hydrogens (tertiary/aromatic N) is 3. The minimum atomic E-state index is -0.273. The van der Waals surface area contributed by atoms with E-state index in [2.05, 4.69) is 10.3 Å². The number of benzene rings is 1. The first-order valence-corrected chi connectivity index (χ1v) is 9.01. The Morgan fingerprint density at radius 3 is 2.68 bits per heavy atom. The van der Waals surface area contributed by atoms with Crippen LogP contribution in [0.5, 0.6) is 0 Å². The van der Waals surface area contributed by atoms with Crippen LogP contribution in [0.4, 0.5) is 0 Å². The molecule has 0 fully saturated rings. The standard InChI is InChI=1S/C17H22N4O3S/c1-4-9-21-16(24)12-7-5-6-8-13(12)19-17(21)25-11-14(22)18-10-15(23)20(2)3/h5-8H,4,9-11H2,1-3H3,(H,18,22). The van der Waals surface area contributed by atoms with Crippen LogP contribution in [0, 0.1) is 0 Å². The number of carbonyl (C=O) groups is 2. The van der Waals surface area contributed by atoms with Crippen molar-refractivity contribution in [2.75, 3.05) is 26.4 Å². The second kappa shape index (κ2) is 8.66. The fourth-order valence-electron chi connectivity index (χ4n) is 2.19. The van der Waals surface area contributed by atoms with E-state index in [9.17, 15) is 14.4 Å². The van der Waals surface area contributed by atoms with E-state index in [4.69, 9.17) is 0 Å². The molecule has 0 spiro atoms. The van der Waals surface area contributed by atoms with Crippen LogP contribution in [-0.2, 0) is 16.1 Å². The van der Waals surface area contributed by atoms with Crippen LogP contribution in [0.3, 0.4) is 0 Å². The van der Waals surface area contributed by atoms with Crippen molar-refractivity contribution in [3.8, 4) is 0 Å². The van der Waals surface area contributed by atoms with Crippen molar-refractivity contribution in [3.05, 3.63) is 34.6 Å². The third-order valence-electron chi connectivity index (χ3n) is 3.54. The molecule has 25 heavy (non-hydrogen) atoms. The molecule has 0 unspecified atom stereocenters.